The fraction of sp³-hybridized carbons (Fsp3) is 0.524. The molecule has 2 amide bonds. The molecule has 0 unspecified atom stereocenters. The molecule has 0 bridgehead atoms. The van der Waals surface area contributed by atoms with Crippen LogP contribution in [-0.4, -0.2) is 57.2 Å². The second-order valence-electron chi connectivity index (χ2n) is 7.17. The van der Waals surface area contributed by atoms with Gasteiger partial charge in [-0.1, -0.05) is 0 Å². The third-order valence-corrected chi connectivity index (χ3v) is 5.19. The Bertz CT molecular complexity index is 724. The minimum Gasteiger partial charge on any atom is -0.493 e. The monoisotopic (exact) mass is 388 g/mol. The Morgan fingerprint density at radius 2 is 1.61 bits per heavy atom. The highest BCUT2D eigenvalue weighted by Gasteiger charge is 2.34. The minimum atomic E-state index is -0.152. The molecule has 1 aromatic carbocycles. The van der Waals surface area contributed by atoms with E-state index in [9.17, 15) is 9.59 Å². The van der Waals surface area contributed by atoms with Crippen LogP contribution in [0.25, 0.3) is 6.08 Å². The fourth-order valence-corrected chi connectivity index (χ4v) is 3.45. The summed E-state index contributed by atoms with van der Waals surface area (Å²) in [4.78, 5) is 26.3. The number of amides is 2. The molecule has 3 rings (SSSR count). The lowest BCUT2D eigenvalue weighted by atomic mass is 10.0. The van der Waals surface area contributed by atoms with Gasteiger partial charge in [-0.05, 0) is 49.5 Å². The number of carbonyl (C=O) groups excluding carboxylic acids is 2. The number of likely N-dealkylation sites (tertiary alicyclic amines) is 1. The van der Waals surface area contributed by atoms with Gasteiger partial charge in [-0.25, -0.2) is 0 Å². The number of rotatable bonds is 7. The molecular formula is C21H28N2O5. The lowest BCUT2D eigenvalue weighted by Gasteiger charge is -2.32. The molecule has 1 N–H and O–H groups in total. The van der Waals surface area contributed by atoms with E-state index in [2.05, 4.69) is 5.32 Å². The van der Waals surface area contributed by atoms with Crippen molar-refractivity contribution in [2.45, 2.75) is 31.7 Å². The van der Waals surface area contributed by atoms with Gasteiger partial charge in [0.2, 0.25) is 17.6 Å². The summed E-state index contributed by atoms with van der Waals surface area (Å²) in [7, 11) is 4.66. The van der Waals surface area contributed by atoms with Gasteiger partial charge in [-0.15, -0.1) is 0 Å². The summed E-state index contributed by atoms with van der Waals surface area (Å²) in [5.41, 5.74) is 0.773. The lowest BCUT2D eigenvalue weighted by Crippen LogP contribution is -2.46. The van der Waals surface area contributed by atoms with E-state index in [1.807, 2.05) is 4.90 Å². The van der Waals surface area contributed by atoms with E-state index in [4.69, 9.17) is 14.2 Å². The van der Waals surface area contributed by atoms with Gasteiger partial charge in [0, 0.05) is 31.1 Å². The van der Waals surface area contributed by atoms with Crippen LogP contribution < -0.4 is 19.5 Å². The topological polar surface area (TPSA) is 77.1 Å². The van der Waals surface area contributed by atoms with E-state index in [1.165, 1.54) is 6.08 Å². The molecule has 1 aliphatic heterocycles. The second kappa shape index (κ2) is 8.99. The minimum absolute atomic E-state index is 0.0975. The zero-order chi connectivity index (χ0) is 20.1. The largest absolute Gasteiger partial charge is 0.493 e. The predicted molar refractivity (Wildman–Crippen MR) is 106 cm³/mol. The SMILES string of the molecule is COc1cc(/C=C/C(=O)NC2CCN(C(=O)C3CC3)CC2)cc(OC)c1OC. The van der Waals surface area contributed by atoms with Crippen LogP contribution in [0.1, 0.15) is 31.2 Å². The van der Waals surface area contributed by atoms with Crippen molar-refractivity contribution in [3.63, 3.8) is 0 Å². The molecule has 7 nitrogen and oxygen atoms in total. The van der Waals surface area contributed by atoms with E-state index in [0.29, 0.717) is 17.2 Å². The molecule has 2 fully saturated rings. The molecular weight excluding hydrogens is 360 g/mol. The Kier molecular flexibility index (Phi) is 6.44. The molecule has 28 heavy (non-hydrogen) atoms. The number of ether oxygens (including phenoxy) is 3. The average molecular weight is 388 g/mol. The summed E-state index contributed by atoms with van der Waals surface area (Å²) < 4.78 is 16.0. The first-order valence-electron chi connectivity index (χ1n) is 9.63. The number of hydrogen-bond donors (Lipinski definition) is 1. The summed E-state index contributed by atoms with van der Waals surface area (Å²) >= 11 is 0. The predicted octanol–water partition coefficient (Wildman–Crippen LogP) is 2.24. The molecule has 1 aromatic rings. The Hall–Kier alpha value is -2.70. The molecule has 1 saturated heterocycles. The number of nitrogens with zero attached hydrogens (tertiary/aromatic N) is 1. The van der Waals surface area contributed by atoms with Crippen LogP contribution in [0.5, 0.6) is 17.2 Å². The van der Waals surface area contributed by atoms with Crippen molar-refractivity contribution < 1.29 is 23.8 Å². The van der Waals surface area contributed by atoms with Crippen molar-refractivity contribution in [2.24, 2.45) is 5.92 Å². The van der Waals surface area contributed by atoms with Crippen molar-refractivity contribution in [1.29, 1.82) is 0 Å². The lowest BCUT2D eigenvalue weighted by molar-refractivity contribution is -0.133. The van der Waals surface area contributed by atoms with Crippen LogP contribution >= 0.6 is 0 Å². The van der Waals surface area contributed by atoms with E-state index in [0.717, 1.165) is 44.3 Å². The first kappa shape index (κ1) is 20.0. The highest BCUT2D eigenvalue weighted by molar-refractivity contribution is 5.92. The Morgan fingerprint density at radius 1 is 1.00 bits per heavy atom. The van der Waals surface area contributed by atoms with Crippen LogP contribution in [0.3, 0.4) is 0 Å². The van der Waals surface area contributed by atoms with Crippen LogP contribution in [0.15, 0.2) is 18.2 Å². The second-order valence-corrected chi connectivity index (χ2v) is 7.17. The maximum absolute atomic E-state index is 12.3. The molecule has 1 saturated carbocycles. The zero-order valence-electron chi connectivity index (χ0n) is 16.7. The van der Waals surface area contributed by atoms with Gasteiger partial charge < -0.3 is 24.4 Å². The Labute approximate surface area is 165 Å². The van der Waals surface area contributed by atoms with Gasteiger partial charge in [-0.3, -0.25) is 9.59 Å². The summed E-state index contributed by atoms with van der Waals surface area (Å²) in [6, 6.07) is 3.67. The zero-order valence-corrected chi connectivity index (χ0v) is 16.7. The normalized spacial score (nSPS) is 17.5. The molecule has 152 valence electrons. The third-order valence-electron chi connectivity index (χ3n) is 5.19. The number of piperidine rings is 1. The molecule has 1 aliphatic carbocycles. The maximum atomic E-state index is 12.3. The average Bonchev–Trinajstić information content (AvgIpc) is 3.56. The van der Waals surface area contributed by atoms with Gasteiger partial charge in [0.25, 0.3) is 0 Å². The van der Waals surface area contributed by atoms with Crippen LogP contribution in [0.2, 0.25) is 0 Å². The van der Waals surface area contributed by atoms with Gasteiger partial charge in [0.1, 0.15) is 0 Å². The summed E-state index contributed by atoms with van der Waals surface area (Å²) in [6.45, 7) is 1.44. The van der Waals surface area contributed by atoms with Crippen molar-refractivity contribution >= 4 is 17.9 Å². The van der Waals surface area contributed by atoms with E-state index in [1.54, 1.807) is 39.5 Å². The molecule has 1 heterocycles. The van der Waals surface area contributed by atoms with E-state index >= 15 is 0 Å². The molecule has 0 radical (unpaired) electrons. The molecule has 7 heteroatoms. The quantitative estimate of drug-likeness (QED) is 0.725. The van der Waals surface area contributed by atoms with Crippen molar-refractivity contribution in [3.8, 4) is 17.2 Å². The van der Waals surface area contributed by atoms with Gasteiger partial charge in [0.15, 0.2) is 11.5 Å². The van der Waals surface area contributed by atoms with Crippen molar-refractivity contribution in [2.75, 3.05) is 34.4 Å². The Balaban J connectivity index is 1.55. The van der Waals surface area contributed by atoms with Crippen molar-refractivity contribution in [3.05, 3.63) is 23.8 Å². The van der Waals surface area contributed by atoms with Crippen LogP contribution in [0, 0.1) is 5.92 Å². The summed E-state index contributed by atoms with van der Waals surface area (Å²) in [6.07, 6.45) is 6.86. The third kappa shape index (κ3) is 4.77. The standard InChI is InChI=1S/C21H28N2O5/c1-26-17-12-14(13-18(27-2)20(17)28-3)4-7-19(24)22-16-8-10-23(11-9-16)21(25)15-5-6-15/h4,7,12-13,15-16H,5-6,8-11H2,1-3H3,(H,22,24)/b7-4+. The smallest absolute Gasteiger partial charge is 0.244 e. The van der Waals surface area contributed by atoms with Gasteiger partial charge in [0.05, 0.1) is 21.3 Å². The van der Waals surface area contributed by atoms with Gasteiger partial charge >= 0.3 is 0 Å². The summed E-state index contributed by atoms with van der Waals surface area (Å²) in [5, 5.41) is 3.02. The molecule has 0 spiro atoms. The van der Waals surface area contributed by atoms with E-state index in [-0.39, 0.29) is 23.8 Å². The first-order chi connectivity index (χ1) is 13.5. The number of nitrogens with one attached hydrogen (secondary N) is 1. The molecule has 0 atom stereocenters. The highest BCUT2D eigenvalue weighted by atomic mass is 16.5. The number of benzene rings is 1. The van der Waals surface area contributed by atoms with Crippen molar-refractivity contribution in [1.82, 2.24) is 10.2 Å². The Morgan fingerprint density at radius 3 is 2.11 bits per heavy atom. The number of methoxy groups -OCH3 is 3. The first-order valence-corrected chi connectivity index (χ1v) is 9.63. The number of hydrogen-bond acceptors (Lipinski definition) is 5. The van der Waals surface area contributed by atoms with Crippen LogP contribution in [0.4, 0.5) is 0 Å². The highest BCUT2D eigenvalue weighted by Crippen LogP contribution is 2.38. The molecule has 0 aromatic heterocycles. The number of carbonyl (C=O) groups is 2. The van der Waals surface area contributed by atoms with Crippen LogP contribution in [-0.2, 0) is 9.59 Å². The maximum Gasteiger partial charge on any atom is 0.244 e. The molecule has 2 aliphatic rings. The van der Waals surface area contributed by atoms with Gasteiger partial charge in [-0.2, -0.15) is 0 Å². The van der Waals surface area contributed by atoms with E-state index < -0.39 is 0 Å². The summed E-state index contributed by atoms with van der Waals surface area (Å²) in [5.74, 6) is 1.98. The fourth-order valence-electron chi connectivity index (χ4n) is 3.45.